The monoisotopic (exact) mass is 378 g/mol. The molecular formula is C24H30N2O2. The number of piperazine rings is 1. The molecule has 2 unspecified atom stereocenters. The van der Waals surface area contributed by atoms with Crippen molar-refractivity contribution in [1.29, 1.82) is 0 Å². The Labute approximate surface area is 168 Å². The van der Waals surface area contributed by atoms with E-state index in [1.807, 2.05) is 18.2 Å². The lowest BCUT2D eigenvalue weighted by atomic mass is 10.1. The summed E-state index contributed by atoms with van der Waals surface area (Å²) in [6, 6.07) is 18.8. The largest absolute Gasteiger partial charge is 0.497 e. The molecule has 1 aliphatic heterocycles. The summed E-state index contributed by atoms with van der Waals surface area (Å²) in [6.45, 7) is 4.84. The van der Waals surface area contributed by atoms with Gasteiger partial charge in [0.25, 0.3) is 0 Å². The fourth-order valence-corrected chi connectivity index (χ4v) is 4.26. The number of aryl methyl sites for hydroxylation is 1. The molecule has 1 saturated heterocycles. The summed E-state index contributed by atoms with van der Waals surface area (Å²) in [5.74, 6) is 1.93. The third-order valence-corrected chi connectivity index (χ3v) is 6.12. The Balaban J connectivity index is 1.17. The van der Waals surface area contributed by atoms with Crippen molar-refractivity contribution in [3.63, 3.8) is 0 Å². The summed E-state index contributed by atoms with van der Waals surface area (Å²) in [4.78, 5) is 17.4. The van der Waals surface area contributed by atoms with Gasteiger partial charge in [-0.05, 0) is 55.0 Å². The lowest BCUT2D eigenvalue weighted by Crippen LogP contribution is -2.49. The molecule has 1 saturated carbocycles. The third-order valence-electron chi connectivity index (χ3n) is 6.12. The Bertz CT molecular complexity index is 767. The summed E-state index contributed by atoms with van der Waals surface area (Å²) in [5, 5.41) is 0. The van der Waals surface area contributed by atoms with E-state index in [9.17, 15) is 4.79 Å². The van der Waals surface area contributed by atoms with Crippen molar-refractivity contribution in [2.24, 2.45) is 5.92 Å². The second-order valence-corrected chi connectivity index (χ2v) is 7.98. The van der Waals surface area contributed by atoms with Crippen LogP contribution in [0.25, 0.3) is 0 Å². The van der Waals surface area contributed by atoms with Gasteiger partial charge in [0.1, 0.15) is 5.75 Å². The van der Waals surface area contributed by atoms with Gasteiger partial charge in [0, 0.05) is 32.1 Å². The molecule has 1 amide bonds. The topological polar surface area (TPSA) is 32.8 Å². The Kier molecular flexibility index (Phi) is 5.96. The average Bonchev–Trinajstić information content (AvgIpc) is 3.56. The zero-order valence-electron chi connectivity index (χ0n) is 16.7. The van der Waals surface area contributed by atoms with Crippen LogP contribution in [0.3, 0.4) is 0 Å². The van der Waals surface area contributed by atoms with E-state index in [1.54, 1.807) is 7.11 Å². The first-order valence-corrected chi connectivity index (χ1v) is 10.4. The van der Waals surface area contributed by atoms with E-state index >= 15 is 0 Å². The standard InChI is InChI=1S/C24H30N2O2/c1-28-21-11-9-19(10-12-21)6-5-13-25-14-16-26(17-15-25)24(27)23-18-22(23)20-7-3-2-4-8-20/h2-4,7-12,22-23H,5-6,13-18H2,1H3. The first-order chi connectivity index (χ1) is 13.7. The fraction of sp³-hybridized carbons (Fsp3) is 0.458. The number of nitrogens with zero attached hydrogens (tertiary/aromatic N) is 2. The molecule has 0 aromatic heterocycles. The van der Waals surface area contributed by atoms with Gasteiger partial charge in [0.2, 0.25) is 5.91 Å². The minimum absolute atomic E-state index is 0.212. The number of amides is 1. The fourth-order valence-electron chi connectivity index (χ4n) is 4.26. The van der Waals surface area contributed by atoms with E-state index in [-0.39, 0.29) is 5.92 Å². The molecule has 1 heterocycles. The highest BCUT2D eigenvalue weighted by molar-refractivity contribution is 5.83. The van der Waals surface area contributed by atoms with E-state index in [4.69, 9.17) is 4.74 Å². The van der Waals surface area contributed by atoms with Crippen LogP contribution in [0.15, 0.2) is 54.6 Å². The molecule has 148 valence electrons. The number of hydrogen-bond donors (Lipinski definition) is 0. The minimum Gasteiger partial charge on any atom is -0.497 e. The normalized spacial score (nSPS) is 22.1. The van der Waals surface area contributed by atoms with Crippen molar-refractivity contribution in [2.45, 2.75) is 25.2 Å². The third kappa shape index (κ3) is 4.56. The van der Waals surface area contributed by atoms with E-state index in [0.29, 0.717) is 11.8 Å². The second-order valence-electron chi connectivity index (χ2n) is 7.98. The van der Waals surface area contributed by atoms with Gasteiger partial charge in [-0.2, -0.15) is 0 Å². The predicted octanol–water partition coefficient (Wildman–Crippen LogP) is 3.58. The molecule has 0 N–H and O–H groups in total. The van der Waals surface area contributed by atoms with Crippen LogP contribution in [0.4, 0.5) is 0 Å². The Hall–Kier alpha value is -2.33. The van der Waals surface area contributed by atoms with Gasteiger partial charge in [-0.25, -0.2) is 0 Å². The molecule has 0 spiro atoms. The van der Waals surface area contributed by atoms with E-state index in [0.717, 1.165) is 57.7 Å². The van der Waals surface area contributed by atoms with Crippen LogP contribution in [-0.4, -0.2) is 55.5 Å². The molecule has 2 fully saturated rings. The van der Waals surface area contributed by atoms with Crippen LogP contribution >= 0.6 is 0 Å². The van der Waals surface area contributed by atoms with Crippen molar-refractivity contribution >= 4 is 5.91 Å². The van der Waals surface area contributed by atoms with Crippen LogP contribution in [0, 0.1) is 5.92 Å². The van der Waals surface area contributed by atoms with E-state index in [2.05, 4.69) is 46.2 Å². The maximum absolute atomic E-state index is 12.8. The highest BCUT2D eigenvalue weighted by Gasteiger charge is 2.45. The van der Waals surface area contributed by atoms with Gasteiger partial charge in [-0.1, -0.05) is 42.5 Å². The van der Waals surface area contributed by atoms with Gasteiger partial charge in [0.05, 0.1) is 7.11 Å². The maximum Gasteiger partial charge on any atom is 0.226 e. The molecule has 28 heavy (non-hydrogen) atoms. The minimum atomic E-state index is 0.212. The molecule has 2 aromatic rings. The molecule has 2 aromatic carbocycles. The van der Waals surface area contributed by atoms with Crippen molar-refractivity contribution < 1.29 is 9.53 Å². The van der Waals surface area contributed by atoms with Crippen LogP contribution in [0.1, 0.15) is 29.9 Å². The zero-order chi connectivity index (χ0) is 19.3. The number of methoxy groups -OCH3 is 1. The summed E-state index contributed by atoms with van der Waals surface area (Å²) < 4.78 is 5.21. The number of benzene rings is 2. The van der Waals surface area contributed by atoms with Gasteiger partial charge in [0.15, 0.2) is 0 Å². The van der Waals surface area contributed by atoms with Crippen molar-refractivity contribution in [2.75, 3.05) is 39.8 Å². The summed E-state index contributed by atoms with van der Waals surface area (Å²) in [7, 11) is 1.70. The van der Waals surface area contributed by atoms with Crippen molar-refractivity contribution in [1.82, 2.24) is 9.80 Å². The molecule has 2 atom stereocenters. The van der Waals surface area contributed by atoms with Crippen LogP contribution < -0.4 is 4.74 Å². The molecule has 0 radical (unpaired) electrons. The lowest BCUT2D eigenvalue weighted by molar-refractivity contribution is -0.134. The van der Waals surface area contributed by atoms with Gasteiger partial charge in [-0.15, -0.1) is 0 Å². The Morgan fingerprint density at radius 1 is 1.00 bits per heavy atom. The zero-order valence-corrected chi connectivity index (χ0v) is 16.7. The van der Waals surface area contributed by atoms with Gasteiger partial charge >= 0.3 is 0 Å². The molecule has 4 nitrogen and oxygen atoms in total. The maximum atomic E-state index is 12.8. The van der Waals surface area contributed by atoms with Crippen molar-refractivity contribution in [3.05, 3.63) is 65.7 Å². The molecule has 2 aliphatic rings. The van der Waals surface area contributed by atoms with Crippen LogP contribution in [0.2, 0.25) is 0 Å². The molecule has 0 bridgehead atoms. The Morgan fingerprint density at radius 3 is 2.39 bits per heavy atom. The second kappa shape index (κ2) is 8.78. The molecular weight excluding hydrogens is 348 g/mol. The smallest absolute Gasteiger partial charge is 0.226 e. The quantitative estimate of drug-likeness (QED) is 0.738. The first-order valence-electron chi connectivity index (χ1n) is 10.4. The highest BCUT2D eigenvalue weighted by atomic mass is 16.5. The molecule has 4 rings (SSSR count). The van der Waals surface area contributed by atoms with E-state index < -0.39 is 0 Å². The number of rotatable bonds is 7. The highest BCUT2D eigenvalue weighted by Crippen LogP contribution is 2.48. The summed E-state index contributed by atoms with van der Waals surface area (Å²) in [5.41, 5.74) is 2.67. The number of hydrogen-bond acceptors (Lipinski definition) is 3. The predicted molar refractivity (Wildman–Crippen MR) is 112 cm³/mol. The number of ether oxygens (including phenoxy) is 1. The SMILES string of the molecule is COc1ccc(CCCN2CCN(C(=O)C3CC3c3ccccc3)CC2)cc1. The average molecular weight is 379 g/mol. The Morgan fingerprint density at radius 2 is 1.71 bits per heavy atom. The van der Waals surface area contributed by atoms with Crippen LogP contribution in [0.5, 0.6) is 5.75 Å². The lowest BCUT2D eigenvalue weighted by Gasteiger charge is -2.35. The first kappa shape index (κ1) is 19.0. The van der Waals surface area contributed by atoms with Gasteiger partial charge in [-0.3, -0.25) is 9.69 Å². The number of carbonyl (C=O) groups is 1. The van der Waals surface area contributed by atoms with Gasteiger partial charge < -0.3 is 9.64 Å². The summed E-state index contributed by atoms with van der Waals surface area (Å²) >= 11 is 0. The number of carbonyl (C=O) groups excluding carboxylic acids is 1. The molecule has 4 heteroatoms. The van der Waals surface area contributed by atoms with E-state index in [1.165, 1.54) is 11.1 Å². The van der Waals surface area contributed by atoms with Crippen molar-refractivity contribution in [3.8, 4) is 5.75 Å². The molecule has 1 aliphatic carbocycles. The summed E-state index contributed by atoms with van der Waals surface area (Å²) in [6.07, 6.45) is 3.26. The van der Waals surface area contributed by atoms with Crippen LogP contribution in [-0.2, 0) is 11.2 Å².